The van der Waals surface area contributed by atoms with Crippen LogP contribution in [0.2, 0.25) is 0 Å². The number of amides is 2. The van der Waals surface area contributed by atoms with Gasteiger partial charge in [0, 0.05) is 29.2 Å². The molecule has 4 aromatic rings. The van der Waals surface area contributed by atoms with Crippen LogP contribution in [-0.2, 0) is 37.9 Å². The summed E-state index contributed by atoms with van der Waals surface area (Å²) in [7, 11) is 0.999. The van der Waals surface area contributed by atoms with Crippen LogP contribution in [0, 0.1) is 0 Å². The number of fused-ring (bicyclic) bond motifs is 1. The van der Waals surface area contributed by atoms with E-state index in [2.05, 4.69) is 9.72 Å². The summed E-state index contributed by atoms with van der Waals surface area (Å²) in [6.07, 6.45) is -9.32. The van der Waals surface area contributed by atoms with Crippen LogP contribution in [0.4, 0.5) is 32.0 Å². The van der Waals surface area contributed by atoms with Crippen molar-refractivity contribution in [3.8, 4) is 17.2 Å². The van der Waals surface area contributed by atoms with Gasteiger partial charge in [0.1, 0.15) is 28.7 Å². The average Bonchev–Trinajstić information content (AvgIpc) is 3.40. The first-order chi connectivity index (χ1) is 21.5. The number of methoxy groups -OCH3 is 1. The van der Waals surface area contributed by atoms with Gasteiger partial charge in [-0.3, -0.25) is 9.59 Å². The van der Waals surface area contributed by atoms with Gasteiger partial charge >= 0.3 is 30.1 Å². The minimum atomic E-state index is -5.39. The minimum absolute atomic E-state index is 0.0173. The average molecular weight is 652 g/mol. The summed E-state index contributed by atoms with van der Waals surface area (Å²) < 4.78 is 95.0. The third-order valence-electron chi connectivity index (χ3n) is 6.86. The molecule has 1 atom stereocenters. The number of esters is 1. The molecule has 0 fully saturated rings. The number of hydrogen-bond donors (Lipinski definition) is 4. The van der Waals surface area contributed by atoms with Gasteiger partial charge in [-0.15, -0.1) is 0 Å². The maximum Gasteiger partial charge on any atom is 0.420 e. The number of H-pyrrole nitrogens is 1. The lowest BCUT2D eigenvalue weighted by Gasteiger charge is -2.21. The molecule has 0 saturated carbocycles. The molecule has 0 bridgehead atoms. The van der Waals surface area contributed by atoms with Crippen molar-refractivity contribution in [2.24, 2.45) is 0 Å². The lowest BCUT2D eigenvalue weighted by atomic mass is 10.0. The van der Waals surface area contributed by atoms with Gasteiger partial charge in [-0.1, -0.05) is 26.0 Å². The Labute approximate surface area is 257 Å². The van der Waals surface area contributed by atoms with Crippen LogP contribution in [0.3, 0.4) is 0 Å². The molecule has 3 aromatic carbocycles. The number of anilines is 1. The van der Waals surface area contributed by atoms with Crippen LogP contribution in [0.1, 0.15) is 42.0 Å². The highest BCUT2D eigenvalue weighted by molar-refractivity contribution is 6.40. The zero-order chi connectivity index (χ0) is 34.0. The molecular formula is C31H27F6N3O6. The number of hydrogen-bond acceptors (Lipinski definition) is 6. The fraction of sp³-hybridized carbons (Fsp3) is 0.258. The Morgan fingerprint density at radius 2 is 1.50 bits per heavy atom. The normalized spacial score (nSPS) is 12.6. The molecule has 0 radical (unpaired) electrons. The number of ether oxygens (including phenoxy) is 2. The number of aromatic nitrogens is 1. The van der Waals surface area contributed by atoms with Crippen molar-refractivity contribution in [1.82, 2.24) is 10.3 Å². The van der Waals surface area contributed by atoms with Crippen LogP contribution in [0.5, 0.6) is 17.2 Å². The Morgan fingerprint density at radius 3 is 2.04 bits per heavy atom. The number of carbonyl (C=O) groups is 3. The lowest BCUT2D eigenvalue weighted by molar-refractivity contribution is -0.146. The van der Waals surface area contributed by atoms with Crippen molar-refractivity contribution in [3.05, 3.63) is 83.0 Å². The van der Waals surface area contributed by atoms with E-state index in [1.54, 1.807) is 11.5 Å². The molecule has 1 aromatic heterocycles. The number of carbonyl (C=O) groups excluding carboxylic acids is 3. The van der Waals surface area contributed by atoms with Crippen molar-refractivity contribution < 1.29 is 55.3 Å². The zero-order valence-corrected chi connectivity index (χ0v) is 24.4. The Hall–Kier alpha value is -5.21. The van der Waals surface area contributed by atoms with Crippen LogP contribution in [0.25, 0.3) is 10.9 Å². The van der Waals surface area contributed by atoms with E-state index in [-0.39, 0.29) is 36.0 Å². The number of aromatic hydroxyl groups is 1. The van der Waals surface area contributed by atoms with E-state index < -0.39 is 58.7 Å². The largest absolute Gasteiger partial charge is 0.508 e. The first kappa shape index (κ1) is 33.7. The lowest BCUT2D eigenvalue weighted by Crippen LogP contribution is -2.47. The van der Waals surface area contributed by atoms with Crippen LogP contribution < -0.4 is 15.4 Å². The van der Waals surface area contributed by atoms with Gasteiger partial charge in [-0.05, 0) is 59.5 Å². The number of benzene rings is 3. The molecule has 4 rings (SSSR count). The van der Waals surface area contributed by atoms with Gasteiger partial charge in [-0.2, -0.15) is 26.3 Å². The van der Waals surface area contributed by atoms with Gasteiger partial charge in [-0.25, -0.2) is 4.79 Å². The molecule has 0 aliphatic carbocycles. The summed E-state index contributed by atoms with van der Waals surface area (Å²) in [5.74, 6) is -6.15. The van der Waals surface area contributed by atoms with Gasteiger partial charge in [0.05, 0.1) is 7.11 Å². The molecule has 2 amide bonds. The van der Waals surface area contributed by atoms with Crippen LogP contribution in [0.15, 0.2) is 60.8 Å². The Kier molecular flexibility index (Phi) is 9.54. The summed E-state index contributed by atoms with van der Waals surface area (Å²) in [4.78, 5) is 40.4. The maximum atomic E-state index is 14.2. The monoisotopic (exact) mass is 651 g/mol. The van der Waals surface area contributed by atoms with Crippen molar-refractivity contribution in [1.29, 1.82) is 0 Å². The van der Waals surface area contributed by atoms with Crippen molar-refractivity contribution in [2.75, 3.05) is 12.4 Å². The van der Waals surface area contributed by atoms with E-state index in [1.807, 2.05) is 19.2 Å². The standard InChI is InChI=1S/C31H27F6N3O6/c1-15(2)21-14-38-24-9-8-19(13-20(21)24)46-26-22(30(32,33)34)11-17(12-23(26)31(35,36)37)39-27(42)28(43)40-25(29(44)45-3)10-16-4-6-18(41)7-5-16/h4-9,11-15,25,38,41H,10H2,1-3H3,(H,39,42)(H,40,43). The number of halogens is 6. The predicted molar refractivity (Wildman–Crippen MR) is 153 cm³/mol. The van der Waals surface area contributed by atoms with E-state index in [4.69, 9.17) is 4.74 Å². The van der Waals surface area contributed by atoms with Gasteiger partial charge in [0.15, 0.2) is 5.75 Å². The maximum absolute atomic E-state index is 14.2. The summed E-state index contributed by atoms with van der Waals surface area (Å²) in [5.41, 5.74) is -2.96. The molecule has 1 heterocycles. The molecular weight excluding hydrogens is 624 g/mol. The first-order valence-electron chi connectivity index (χ1n) is 13.6. The van der Waals surface area contributed by atoms with Gasteiger partial charge < -0.3 is 30.2 Å². The van der Waals surface area contributed by atoms with E-state index in [0.717, 1.165) is 12.7 Å². The molecule has 0 saturated heterocycles. The smallest absolute Gasteiger partial charge is 0.420 e. The predicted octanol–water partition coefficient (Wildman–Crippen LogP) is 6.67. The first-order valence-corrected chi connectivity index (χ1v) is 13.6. The number of aromatic amines is 1. The Balaban J connectivity index is 1.66. The second-order valence-corrected chi connectivity index (χ2v) is 10.5. The van der Waals surface area contributed by atoms with Gasteiger partial charge in [0.25, 0.3) is 0 Å². The summed E-state index contributed by atoms with van der Waals surface area (Å²) in [6, 6.07) is 8.35. The zero-order valence-electron chi connectivity index (χ0n) is 24.4. The summed E-state index contributed by atoms with van der Waals surface area (Å²) in [6.45, 7) is 3.72. The molecule has 15 heteroatoms. The molecule has 46 heavy (non-hydrogen) atoms. The summed E-state index contributed by atoms with van der Waals surface area (Å²) in [5, 5.41) is 13.8. The fourth-order valence-corrected chi connectivity index (χ4v) is 4.63. The van der Waals surface area contributed by atoms with Gasteiger partial charge in [0.2, 0.25) is 0 Å². The number of alkyl halides is 6. The number of phenols is 1. The van der Waals surface area contributed by atoms with Crippen molar-refractivity contribution in [3.63, 3.8) is 0 Å². The quantitative estimate of drug-likeness (QED) is 0.0958. The number of phenolic OH excluding ortho intramolecular Hbond substituents is 1. The number of rotatable bonds is 8. The van der Waals surface area contributed by atoms with E-state index >= 15 is 0 Å². The van der Waals surface area contributed by atoms with E-state index in [0.29, 0.717) is 16.5 Å². The molecule has 0 aliphatic heterocycles. The van der Waals surface area contributed by atoms with Crippen LogP contribution in [-0.4, -0.2) is 41.0 Å². The van der Waals surface area contributed by atoms with Crippen molar-refractivity contribution >= 4 is 34.4 Å². The second kappa shape index (κ2) is 13.0. The van der Waals surface area contributed by atoms with Crippen molar-refractivity contribution in [2.45, 2.75) is 44.6 Å². The highest BCUT2D eigenvalue weighted by Gasteiger charge is 2.43. The third-order valence-corrected chi connectivity index (χ3v) is 6.86. The topological polar surface area (TPSA) is 130 Å². The molecule has 0 spiro atoms. The molecule has 244 valence electrons. The fourth-order valence-electron chi connectivity index (χ4n) is 4.63. The highest BCUT2D eigenvalue weighted by Crippen LogP contribution is 2.47. The van der Waals surface area contributed by atoms with Crippen LogP contribution >= 0.6 is 0 Å². The third kappa shape index (κ3) is 7.71. The second-order valence-electron chi connectivity index (χ2n) is 10.5. The van der Waals surface area contributed by atoms with E-state index in [1.165, 1.54) is 42.5 Å². The molecule has 9 nitrogen and oxygen atoms in total. The highest BCUT2D eigenvalue weighted by atomic mass is 19.4. The molecule has 1 unspecified atom stereocenters. The molecule has 4 N–H and O–H groups in total. The SMILES string of the molecule is COC(=O)C(Cc1ccc(O)cc1)NC(=O)C(=O)Nc1cc(C(F)(F)F)c(Oc2ccc3[nH]cc(C(C)C)c3c2)c(C(F)(F)F)c1. The minimum Gasteiger partial charge on any atom is -0.508 e. The Morgan fingerprint density at radius 1 is 0.891 bits per heavy atom. The summed E-state index contributed by atoms with van der Waals surface area (Å²) >= 11 is 0. The molecule has 0 aliphatic rings. The number of nitrogens with one attached hydrogen (secondary N) is 3. The Bertz CT molecular complexity index is 1730. The van der Waals surface area contributed by atoms with E-state index in [9.17, 15) is 45.8 Å².